The van der Waals surface area contributed by atoms with Crippen LogP contribution in [0.1, 0.15) is 16.2 Å². The maximum Gasteiger partial charge on any atom is 0.337 e. The van der Waals surface area contributed by atoms with E-state index in [0.29, 0.717) is 23.0 Å². The van der Waals surface area contributed by atoms with E-state index < -0.39 is 5.97 Å². The largest absolute Gasteiger partial charge is 0.484 e. The van der Waals surface area contributed by atoms with Crippen LogP contribution in [0.4, 0.5) is 4.39 Å². The second-order valence-electron chi connectivity index (χ2n) is 4.93. The number of nitrogens with zero attached hydrogens (tertiary/aromatic N) is 1. The van der Waals surface area contributed by atoms with Gasteiger partial charge in [-0.15, -0.1) is 0 Å². The first-order valence-electron chi connectivity index (χ1n) is 7.17. The number of benzene rings is 2. The molecule has 3 aromatic rings. The van der Waals surface area contributed by atoms with Crippen molar-refractivity contribution in [2.75, 3.05) is 7.11 Å². The van der Waals surface area contributed by atoms with Crippen molar-refractivity contribution < 1.29 is 23.1 Å². The smallest absolute Gasteiger partial charge is 0.337 e. The number of esters is 1. The molecule has 1 heterocycles. The third kappa shape index (κ3) is 3.60. The van der Waals surface area contributed by atoms with Crippen LogP contribution in [0.2, 0.25) is 0 Å². The Bertz CT molecular complexity index is 825. The zero-order chi connectivity index (χ0) is 16.9. The summed E-state index contributed by atoms with van der Waals surface area (Å²) in [6.45, 7) is 0.138. The van der Waals surface area contributed by atoms with Gasteiger partial charge in [0, 0.05) is 5.56 Å². The lowest BCUT2D eigenvalue weighted by Gasteiger charge is -2.04. The van der Waals surface area contributed by atoms with Gasteiger partial charge in [-0.3, -0.25) is 0 Å². The highest BCUT2D eigenvalue weighted by atomic mass is 19.1. The summed E-state index contributed by atoms with van der Waals surface area (Å²) in [4.78, 5) is 15.5. The molecule has 0 fully saturated rings. The highest BCUT2D eigenvalue weighted by Crippen LogP contribution is 2.21. The van der Waals surface area contributed by atoms with Gasteiger partial charge in [0.2, 0.25) is 5.89 Å². The molecular weight excluding hydrogens is 313 g/mol. The molecule has 0 unspecified atom stereocenters. The Balaban J connectivity index is 1.63. The second-order valence-corrected chi connectivity index (χ2v) is 4.93. The summed E-state index contributed by atoms with van der Waals surface area (Å²) >= 11 is 0. The molecule has 0 amide bonds. The summed E-state index contributed by atoms with van der Waals surface area (Å²) in [6, 6.07) is 12.5. The molecule has 0 aliphatic rings. The zero-order valence-corrected chi connectivity index (χ0v) is 12.9. The summed E-state index contributed by atoms with van der Waals surface area (Å²) in [5.74, 6) is 0.792. The van der Waals surface area contributed by atoms with Crippen molar-refractivity contribution in [2.45, 2.75) is 6.61 Å². The van der Waals surface area contributed by atoms with Gasteiger partial charge < -0.3 is 13.9 Å². The summed E-state index contributed by atoms with van der Waals surface area (Å²) < 4.78 is 28.7. The summed E-state index contributed by atoms with van der Waals surface area (Å²) in [5.41, 5.74) is 1.18. The topological polar surface area (TPSA) is 61.6 Å². The SMILES string of the molecule is COC(=O)c1ccc(OCc2ncc(-c3ccc(F)cc3)o2)cc1. The van der Waals surface area contributed by atoms with Crippen LogP contribution in [-0.2, 0) is 11.3 Å². The molecule has 0 radical (unpaired) electrons. The van der Waals surface area contributed by atoms with Crippen LogP contribution in [0, 0.1) is 5.82 Å². The normalized spacial score (nSPS) is 10.4. The standard InChI is InChI=1S/C18H14FNO4/c1-22-18(21)13-4-8-15(9-5-13)23-11-17-20-10-16(24-17)12-2-6-14(19)7-3-12/h2-10H,11H2,1H3. The maximum atomic E-state index is 12.9. The molecule has 1 aromatic heterocycles. The van der Waals surface area contributed by atoms with Crippen LogP contribution in [0.3, 0.4) is 0 Å². The third-order valence-electron chi connectivity index (χ3n) is 3.32. The van der Waals surface area contributed by atoms with E-state index in [4.69, 9.17) is 9.15 Å². The number of rotatable bonds is 5. The van der Waals surface area contributed by atoms with Gasteiger partial charge in [0.1, 0.15) is 11.6 Å². The predicted molar refractivity (Wildman–Crippen MR) is 84.0 cm³/mol. The number of hydrogen-bond acceptors (Lipinski definition) is 5. The van der Waals surface area contributed by atoms with Crippen molar-refractivity contribution in [2.24, 2.45) is 0 Å². The molecule has 0 saturated heterocycles. The fourth-order valence-corrected chi connectivity index (χ4v) is 2.07. The van der Waals surface area contributed by atoms with E-state index in [1.165, 1.54) is 19.2 Å². The van der Waals surface area contributed by atoms with Gasteiger partial charge in [-0.2, -0.15) is 0 Å². The lowest BCUT2D eigenvalue weighted by molar-refractivity contribution is 0.0600. The van der Waals surface area contributed by atoms with Crippen LogP contribution in [-0.4, -0.2) is 18.1 Å². The molecule has 0 bridgehead atoms. The van der Waals surface area contributed by atoms with Gasteiger partial charge in [-0.1, -0.05) is 0 Å². The summed E-state index contributed by atoms with van der Waals surface area (Å²) in [7, 11) is 1.33. The molecular formula is C18H14FNO4. The maximum absolute atomic E-state index is 12.9. The van der Waals surface area contributed by atoms with Gasteiger partial charge in [-0.25, -0.2) is 14.2 Å². The summed E-state index contributed by atoms with van der Waals surface area (Å²) in [5, 5.41) is 0. The molecule has 0 atom stereocenters. The molecule has 2 aromatic carbocycles. The minimum absolute atomic E-state index is 0.138. The average molecular weight is 327 g/mol. The number of ether oxygens (including phenoxy) is 2. The fraction of sp³-hybridized carbons (Fsp3) is 0.111. The van der Waals surface area contributed by atoms with E-state index in [1.54, 1.807) is 42.6 Å². The van der Waals surface area contributed by atoms with Gasteiger partial charge >= 0.3 is 5.97 Å². The van der Waals surface area contributed by atoms with Crippen molar-refractivity contribution in [1.82, 2.24) is 4.98 Å². The second kappa shape index (κ2) is 6.95. The van der Waals surface area contributed by atoms with E-state index in [1.807, 2.05) is 0 Å². The number of oxazole rings is 1. The predicted octanol–water partition coefficient (Wildman–Crippen LogP) is 3.85. The molecule has 6 heteroatoms. The number of methoxy groups -OCH3 is 1. The molecule has 0 aliphatic heterocycles. The van der Waals surface area contributed by atoms with E-state index in [2.05, 4.69) is 9.72 Å². The van der Waals surface area contributed by atoms with Gasteiger partial charge in [0.25, 0.3) is 0 Å². The van der Waals surface area contributed by atoms with E-state index >= 15 is 0 Å². The van der Waals surface area contributed by atoms with Crippen LogP contribution < -0.4 is 4.74 Å². The molecule has 3 rings (SSSR count). The van der Waals surface area contributed by atoms with Crippen molar-refractivity contribution in [3.8, 4) is 17.1 Å². The van der Waals surface area contributed by atoms with Crippen molar-refractivity contribution in [1.29, 1.82) is 0 Å². The Labute approximate surface area is 137 Å². The number of aromatic nitrogens is 1. The third-order valence-corrected chi connectivity index (χ3v) is 3.32. The lowest BCUT2D eigenvalue weighted by Crippen LogP contribution is -2.01. The fourth-order valence-electron chi connectivity index (χ4n) is 2.07. The Morgan fingerprint density at radius 3 is 2.50 bits per heavy atom. The molecule has 0 spiro atoms. The number of carbonyl (C=O) groups excluding carboxylic acids is 1. The number of halogens is 1. The first-order chi connectivity index (χ1) is 11.7. The minimum Gasteiger partial charge on any atom is -0.484 e. The molecule has 0 saturated carbocycles. The molecule has 0 aliphatic carbocycles. The van der Waals surface area contributed by atoms with Gasteiger partial charge in [0.05, 0.1) is 18.9 Å². The van der Waals surface area contributed by atoms with Crippen LogP contribution in [0.25, 0.3) is 11.3 Å². The quantitative estimate of drug-likeness (QED) is 0.666. The van der Waals surface area contributed by atoms with E-state index in [9.17, 15) is 9.18 Å². The van der Waals surface area contributed by atoms with E-state index in [0.717, 1.165) is 5.56 Å². The highest BCUT2D eigenvalue weighted by molar-refractivity contribution is 5.89. The molecule has 0 N–H and O–H groups in total. The first-order valence-corrected chi connectivity index (χ1v) is 7.17. The van der Waals surface area contributed by atoms with E-state index in [-0.39, 0.29) is 12.4 Å². The van der Waals surface area contributed by atoms with Crippen LogP contribution in [0.5, 0.6) is 5.75 Å². The van der Waals surface area contributed by atoms with Gasteiger partial charge in [-0.05, 0) is 48.5 Å². The number of hydrogen-bond donors (Lipinski definition) is 0. The van der Waals surface area contributed by atoms with Crippen LogP contribution in [0.15, 0.2) is 59.1 Å². The lowest BCUT2D eigenvalue weighted by atomic mass is 10.2. The number of carbonyl (C=O) groups is 1. The Kier molecular flexibility index (Phi) is 4.56. The molecule has 122 valence electrons. The monoisotopic (exact) mass is 327 g/mol. The minimum atomic E-state index is -0.404. The Morgan fingerprint density at radius 1 is 1.12 bits per heavy atom. The Hall–Kier alpha value is -3.15. The van der Waals surface area contributed by atoms with Crippen molar-refractivity contribution in [3.63, 3.8) is 0 Å². The Morgan fingerprint density at radius 2 is 1.83 bits per heavy atom. The van der Waals surface area contributed by atoms with Crippen molar-refractivity contribution in [3.05, 3.63) is 72.0 Å². The van der Waals surface area contributed by atoms with Crippen molar-refractivity contribution >= 4 is 5.97 Å². The van der Waals surface area contributed by atoms with Gasteiger partial charge in [0.15, 0.2) is 12.4 Å². The van der Waals surface area contributed by atoms with Crippen LogP contribution >= 0.6 is 0 Å². The first kappa shape index (κ1) is 15.7. The summed E-state index contributed by atoms with van der Waals surface area (Å²) in [6.07, 6.45) is 1.56. The average Bonchev–Trinajstić information content (AvgIpc) is 3.09. The molecule has 5 nitrogen and oxygen atoms in total. The highest BCUT2D eigenvalue weighted by Gasteiger charge is 2.08. The molecule has 24 heavy (non-hydrogen) atoms. The zero-order valence-electron chi connectivity index (χ0n) is 12.9.